The number of aromatic hydroxyl groups is 1. The van der Waals surface area contributed by atoms with Crippen LogP contribution in [0.25, 0.3) is 11.3 Å². The number of amides is 2. The van der Waals surface area contributed by atoms with Crippen molar-refractivity contribution in [1.82, 2.24) is 19.7 Å². The summed E-state index contributed by atoms with van der Waals surface area (Å²) >= 11 is 0. The molecule has 0 bridgehead atoms. The highest BCUT2D eigenvalue weighted by Crippen LogP contribution is 2.42. The van der Waals surface area contributed by atoms with E-state index in [1.807, 2.05) is 19.9 Å². The summed E-state index contributed by atoms with van der Waals surface area (Å²) in [5.41, 5.74) is 2.89. The van der Waals surface area contributed by atoms with Crippen LogP contribution in [0.4, 0.5) is 10.5 Å². The van der Waals surface area contributed by atoms with E-state index in [1.165, 1.54) is 10.7 Å². The van der Waals surface area contributed by atoms with Crippen LogP contribution < -0.4 is 10.6 Å². The highest BCUT2D eigenvalue weighted by Gasteiger charge is 2.31. The number of phenols is 1. The second-order valence-corrected chi connectivity index (χ2v) is 8.09. The first-order valence-corrected chi connectivity index (χ1v) is 10.5. The van der Waals surface area contributed by atoms with E-state index >= 15 is 0 Å². The molecule has 1 saturated carbocycles. The van der Waals surface area contributed by atoms with Crippen molar-refractivity contribution in [3.63, 3.8) is 0 Å². The maximum absolute atomic E-state index is 12.7. The Balaban J connectivity index is 1.58. The first-order chi connectivity index (χ1) is 14.9. The molecule has 2 amide bonds. The molecule has 2 aromatic heterocycles. The van der Waals surface area contributed by atoms with Crippen molar-refractivity contribution in [3.8, 4) is 17.0 Å². The number of anilines is 1. The Morgan fingerprint density at radius 2 is 2.03 bits per heavy atom. The Hall–Kier alpha value is -3.55. The molecule has 1 aromatic carbocycles. The minimum Gasteiger partial charge on any atom is -0.507 e. The number of carbonyl (C=O) groups is 2. The molecule has 2 heterocycles. The molecule has 1 aliphatic rings. The maximum atomic E-state index is 12.7. The van der Waals surface area contributed by atoms with Crippen molar-refractivity contribution in [3.05, 3.63) is 54.0 Å². The number of nitrogens with zero attached hydrogens (tertiary/aromatic N) is 3. The fraction of sp³-hybridized carbons (Fsp3) is 0.348. The van der Waals surface area contributed by atoms with Crippen LogP contribution >= 0.6 is 0 Å². The average molecular weight is 422 g/mol. The van der Waals surface area contributed by atoms with Gasteiger partial charge in [-0.1, -0.05) is 6.92 Å². The summed E-state index contributed by atoms with van der Waals surface area (Å²) in [5, 5.41) is 20.8. The highest BCUT2D eigenvalue weighted by atomic mass is 16.3. The van der Waals surface area contributed by atoms with E-state index in [9.17, 15) is 14.7 Å². The molecule has 1 aliphatic carbocycles. The van der Waals surface area contributed by atoms with Crippen LogP contribution in [-0.2, 0) is 7.05 Å². The van der Waals surface area contributed by atoms with Crippen LogP contribution in [-0.4, -0.2) is 37.4 Å². The van der Waals surface area contributed by atoms with Gasteiger partial charge in [-0.05, 0) is 56.5 Å². The van der Waals surface area contributed by atoms with Crippen molar-refractivity contribution in [1.29, 1.82) is 0 Å². The van der Waals surface area contributed by atoms with Gasteiger partial charge in [0, 0.05) is 42.5 Å². The molecule has 31 heavy (non-hydrogen) atoms. The molecule has 1 fully saturated rings. The summed E-state index contributed by atoms with van der Waals surface area (Å²) in [7, 11) is 1.79. The number of hydrogen-bond acceptors (Lipinski definition) is 4. The van der Waals surface area contributed by atoms with Crippen LogP contribution in [0.1, 0.15) is 55.2 Å². The summed E-state index contributed by atoms with van der Waals surface area (Å²) < 4.78 is 3.14. The van der Waals surface area contributed by atoms with Gasteiger partial charge in [0.25, 0.3) is 5.91 Å². The number of carbonyl (C=O) groups excluding carboxylic acids is 2. The molecule has 0 radical (unpaired) electrons. The molecule has 0 spiro atoms. The molecule has 3 aromatic rings. The molecule has 1 atom stereocenters. The van der Waals surface area contributed by atoms with E-state index in [2.05, 4.69) is 15.7 Å². The average Bonchev–Trinajstić information content (AvgIpc) is 3.34. The van der Waals surface area contributed by atoms with Crippen molar-refractivity contribution in [2.45, 2.75) is 45.1 Å². The summed E-state index contributed by atoms with van der Waals surface area (Å²) in [5.74, 6) is 0.0376. The number of hydrogen-bond donors (Lipinski definition) is 3. The van der Waals surface area contributed by atoms with Gasteiger partial charge in [0.2, 0.25) is 0 Å². The molecule has 8 heteroatoms. The van der Waals surface area contributed by atoms with Crippen LogP contribution in [0.3, 0.4) is 0 Å². The lowest BCUT2D eigenvalue weighted by molar-refractivity contribution is 0.101. The molecule has 1 unspecified atom stereocenters. The predicted molar refractivity (Wildman–Crippen MR) is 118 cm³/mol. The van der Waals surface area contributed by atoms with Crippen LogP contribution in [0.2, 0.25) is 0 Å². The normalized spacial score (nSPS) is 14.3. The van der Waals surface area contributed by atoms with Gasteiger partial charge in [0.1, 0.15) is 11.4 Å². The van der Waals surface area contributed by atoms with Crippen LogP contribution in [0, 0.1) is 0 Å². The van der Waals surface area contributed by atoms with Crippen molar-refractivity contribution < 1.29 is 14.7 Å². The van der Waals surface area contributed by atoms with Gasteiger partial charge in [0.15, 0.2) is 0 Å². The quantitative estimate of drug-likeness (QED) is 0.558. The summed E-state index contributed by atoms with van der Waals surface area (Å²) in [6.45, 7) is 3.96. The first kappa shape index (κ1) is 20.7. The lowest BCUT2D eigenvalue weighted by Crippen LogP contribution is -2.36. The Bertz CT molecular complexity index is 1130. The summed E-state index contributed by atoms with van der Waals surface area (Å²) in [6, 6.07) is 10.1. The van der Waals surface area contributed by atoms with E-state index in [4.69, 9.17) is 0 Å². The van der Waals surface area contributed by atoms with E-state index in [1.54, 1.807) is 42.1 Å². The predicted octanol–water partition coefficient (Wildman–Crippen LogP) is 4.08. The number of rotatable bonds is 6. The lowest BCUT2D eigenvalue weighted by Gasteiger charge is -2.12. The van der Waals surface area contributed by atoms with E-state index in [0.717, 1.165) is 25.0 Å². The second-order valence-electron chi connectivity index (χ2n) is 8.09. The lowest BCUT2D eigenvalue weighted by atomic mass is 10.1. The largest absolute Gasteiger partial charge is 0.507 e. The van der Waals surface area contributed by atoms with Gasteiger partial charge in [-0.25, -0.2) is 4.79 Å². The zero-order chi connectivity index (χ0) is 22.1. The van der Waals surface area contributed by atoms with E-state index < -0.39 is 0 Å². The second kappa shape index (κ2) is 8.29. The zero-order valence-electron chi connectivity index (χ0n) is 17.9. The van der Waals surface area contributed by atoms with Crippen molar-refractivity contribution >= 4 is 17.6 Å². The fourth-order valence-electron chi connectivity index (χ4n) is 3.45. The smallest absolute Gasteiger partial charge is 0.342 e. The molecule has 3 N–H and O–H groups in total. The third kappa shape index (κ3) is 4.33. The maximum Gasteiger partial charge on any atom is 0.342 e. The van der Waals surface area contributed by atoms with Crippen LogP contribution in [0.15, 0.2) is 42.6 Å². The van der Waals surface area contributed by atoms with E-state index in [-0.39, 0.29) is 23.7 Å². The molecular weight excluding hydrogens is 394 g/mol. The SMILES string of the molecule is CCC(C)NC(=O)n1nc(-c2ccc(NC(=O)c3cccn3C)cc2O)cc1C1CC1. The molecule has 162 valence electrons. The molecular formula is C23H27N5O3. The van der Waals surface area contributed by atoms with Gasteiger partial charge in [-0.2, -0.15) is 9.78 Å². The monoisotopic (exact) mass is 421 g/mol. The van der Waals surface area contributed by atoms with Gasteiger partial charge in [-0.3, -0.25) is 4.79 Å². The minimum atomic E-state index is -0.262. The number of phenolic OH excluding ortho intramolecular Hbond substituents is 1. The number of nitrogens with one attached hydrogen (secondary N) is 2. The number of aryl methyl sites for hydroxylation is 1. The molecule has 4 rings (SSSR count). The third-order valence-corrected chi connectivity index (χ3v) is 5.62. The Kier molecular flexibility index (Phi) is 5.54. The van der Waals surface area contributed by atoms with Gasteiger partial charge >= 0.3 is 6.03 Å². The number of benzene rings is 1. The highest BCUT2D eigenvalue weighted by molar-refractivity contribution is 6.03. The first-order valence-electron chi connectivity index (χ1n) is 10.5. The molecule has 0 aliphatic heterocycles. The Labute approximate surface area is 180 Å². The Morgan fingerprint density at radius 1 is 1.26 bits per heavy atom. The molecule has 0 saturated heterocycles. The minimum absolute atomic E-state index is 0.0148. The fourth-order valence-corrected chi connectivity index (χ4v) is 3.45. The van der Waals surface area contributed by atoms with Crippen molar-refractivity contribution in [2.75, 3.05) is 5.32 Å². The summed E-state index contributed by atoms with van der Waals surface area (Å²) in [4.78, 5) is 25.1. The standard InChI is InChI=1S/C23H27N5O3/c1-4-14(2)24-23(31)28-20(15-7-8-15)13-18(26-28)17-10-9-16(12-21(17)29)25-22(30)19-6-5-11-27(19)3/h5-6,9-15,29H,4,7-8H2,1-3H3,(H,24,31)(H,25,30). The zero-order valence-corrected chi connectivity index (χ0v) is 17.9. The van der Waals surface area contributed by atoms with E-state index in [0.29, 0.717) is 28.6 Å². The van der Waals surface area contributed by atoms with Crippen LogP contribution in [0.5, 0.6) is 5.75 Å². The van der Waals surface area contributed by atoms with Gasteiger partial charge < -0.3 is 20.3 Å². The van der Waals surface area contributed by atoms with Crippen molar-refractivity contribution in [2.24, 2.45) is 7.05 Å². The topological polar surface area (TPSA) is 101 Å². The Morgan fingerprint density at radius 3 is 2.65 bits per heavy atom. The van der Waals surface area contributed by atoms with Gasteiger partial charge in [0.05, 0.1) is 11.4 Å². The molecule has 8 nitrogen and oxygen atoms in total. The van der Waals surface area contributed by atoms with Gasteiger partial charge in [-0.15, -0.1) is 0 Å². The third-order valence-electron chi connectivity index (χ3n) is 5.62. The number of aromatic nitrogens is 3. The summed E-state index contributed by atoms with van der Waals surface area (Å²) in [6.07, 6.45) is 4.67.